The van der Waals surface area contributed by atoms with E-state index in [1.165, 1.54) is 11.1 Å². The average Bonchev–Trinajstić information content (AvgIpc) is 2.64. The zero-order chi connectivity index (χ0) is 10.7. The van der Waals surface area contributed by atoms with Crippen LogP contribution in [-0.4, -0.2) is 32.1 Å². The first-order valence-electron chi connectivity index (χ1n) is 5.47. The van der Waals surface area contributed by atoms with Gasteiger partial charge in [0.2, 0.25) is 0 Å². The number of hydrogen-bond donors (Lipinski definition) is 0. The van der Waals surface area contributed by atoms with Gasteiger partial charge in [0.1, 0.15) is 12.4 Å². The molecular formula is C13H18NO. The van der Waals surface area contributed by atoms with Crippen molar-refractivity contribution in [1.82, 2.24) is 4.90 Å². The van der Waals surface area contributed by atoms with Crippen molar-refractivity contribution in [2.45, 2.75) is 12.8 Å². The number of fused-ring (bicyclic) bond motifs is 1. The molecule has 0 spiro atoms. The Morgan fingerprint density at radius 3 is 2.80 bits per heavy atom. The van der Waals surface area contributed by atoms with Gasteiger partial charge in [0, 0.05) is 6.54 Å². The summed E-state index contributed by atoms with van der Waals surface area (Å²) in [6.45, 7) is 1.72. The Kier molecular flexibility index (Phi) is 3.27. The first kappa shape index (κ1) is 10.5. The molecule has 0 aromatic heterocycles. The first-order chi connectivity index (χ1) is 7.25. The molecular weight excluding hydrogens is 186 g/mol. The Morgan fingerprint density at radius 1 is 1.20 bits per heavy atom. The Morgan fingerprint density at radius 2 is 2.00 bits per heavy atom. The van der Waals surface area contributed by atoms with Crippen molar-refractivity contribution in [2.75, 3.05) is 27.2 Å². The molecule has 1 aromatic carbocycles. The number of likely N-dealkylation sites (N-methyl/N-ethyl adjacent to an activating group) is 1. The van der Waals surface area contributed by atoms with Gasteiger partial charge in [-0.25, -0.2) is 0 Å². The maximum absolute atomic E-state index is 5.69. The Hall–Kier alpha value is -1.02. The summed E-state index contributed by atoms with van der Waals surface area (Å²) in [6, 6.07) is 6.44. The first-order valence-corrected chi connectivity index (χ1v) is 5.47. The van der Waals surface area contributed by atoms with E-state index in [9.17, 15) is 0 Å². The van der Waals surface area contributed by atoms with Gasteiger partial charge >= 0.3 is 0 Å². The molecule has 0 saturated carbocycles. The van der Waals surface area contributed by atoms with Crippen molar-refractivity contribution in [2.24, 2.45) is 0 Å². The van der Waals surface area contributed by atoms with Gasteiger partial charge in [-0.15, -0.1) is 0 Å². The molecule has 1 aliphatic carbocycles. The molecule has 0 heterocycles. The minimum absolute atomic E-state index is 0.759. The van der Waals surface area contributed by atoms with Crippen molar-refractivity contribution in [1.29, 1.82) is 0 Å². The number of rotatable bonds is 4. The molecule has 15 heavy (non-hydrogen) atoms. The van der Waals surface area contributed by atoms with Crippen molar-refractivity contribution >= 4 is 0 Å². The molecule has 0 amide bonds. The van der Waals surface area contributed by atoms with Crippen LogP contribution in [0.3, 0.4) is 0 Å². The van der Waals surface area contributed by atoms with Crippen molar-refractivity contribution in [3.8, 4) is 5.75 Å². The average molecular weight is 204 g/mol. The van der Waals surface area contributed by atoms with Crippen LogP contribution in [0.4, 0.5) is 0 Å². The number of ether oxygens (including phenoxy) is 1. The summed E-state index contributed by atoms with van der Waals surface area (Å²) in [4.78, 5) is 2.13. The molecule has 1 aliphatic rings. The van der Waals surface area contributed by atoms with Gasteiger partial charge in [-0.05, 0) is 56.6 Å². The van der Waals surface area contributed by atoms with Gasteiger partial charge in [0.05, 0.1) is 0 Å². The molecule has 2 rings (SSSR count). The summed E-state index contributed by atoms with van der Waals surface area (Å²) in [6.07, 6.45) is 4.53. The van der Waals surface area contributed by atoms with Gasteiger partial charge in [-0.1, -0.05) is 6.07 Å². The molecule has 0 aliphatic heterocycles. The predicted molar refractivity (Wildman–Crippen MR) is 62.2 cm³/mol. The fraction of sp³-hybridized carbons (Fsp3) is 0.462. The molecule has 2 heteroatoms. The van der Waals surface area contributed by atoms with Crippen molar-refractivity contribution in [3.05, 3.63) is 35.7 Å². The van der Waals surface area contributed by atoms with E-state index in [-0.39, 0.29) is 0 Å². The zero-order valence-corrected chi connectivity index (χ0v) is 9.49. The van der Waals surface area contributed by atoms with Crippen LogP contribution in [0.5, 0.6) is 5.75 Å². The van der Waals surface area contributed by atoms with Crippen LogP contribution in [0.25, 0.3) is 0 Å². The Labute approximate surface area is 91.9 Å². The second kappa shape index (κ2) is 4.67. The van der Waals surface area contributed by atoms with Crippen molar-refractivity contribution < 1.29 is 4.74 Å². The fourth-order valence-corrected chi connectivity index (χ4v) is 1.81. The highest BCUT2D eigenvalue weighted by molar-refractivity contribution is 5.40. The van der Waals surface area contributed by atoms with Crippen LogP contribution in [-0.2, 0) is 12.8 Å². The van der Waals surface area contributed by atoms with Gasteiger partial charge < -0.3 is 9.64 Å². The molecule has 0 bridgehead atoms. The van der Waals surface area contributed by atoms with E-state index in [1.54, 1.807) is 0 Å². The van der Waals surface area contributed by atoms with Gasteiger partial charge in [-0.3, -0.25) is 0 Å². The van der Waals surface area contributed by atoms with E-state index >= 15 is 0 Å². The summed E-state index contributed by atoms with van der Waals surface area (Å²) < 4.78 is 5.69. The standard InChI is InChI=1S/C13H18NO/c1-14(2)8-9-15-13-7-6-11-4-3-5-12(11)10-13/h3,6-7,10H,4-5,8-9H2,1-2H3. The van der Waals surface area contributed by atoms with Crippen LogP contribution < -0.4 is 4.74 Å². The largest absolute Gasteiger partial charge is 0.492 e. The highest BCUT2D eigenvalue weighted by atomic mass is 16.5. The minimum Gasteiger partial charge on any atom is -0.492 e. The topological polar surface area (TPSA) is 12.5 Å². The molecule has 0 atom stereocenters. The lowest BCUT2D eigenvalue weighted by Gasteiger charge is -2.11. The Balaban J connectivity index is 1.92. The zero-order valence-electron chi connectivity index (χ0n) is 9.49. The maximum atomic E-state index is 5.69. The predicted octanol–water partition coefficient (Wildman–Crippen LogP) is 1.93. The lowest BCUT2D eigenvalue weighted by Crippen LogP contribution is -2.19. The molecule has 1 radical (unpaired) electrons. The summed E-state index contributed by atoms with van der Waals surface area (Å²) in [5, 5.41) is 0. The van der Waals surface area contributed by atoms with Crippen LogP contribution in [0, 0.1) is 6.42 Å². The minimum atomic E-state index is 0.759. The Bertz CT molecular complexity index is 333. The third-order valence-electron chi connectivity index (χ3n) is 2.71. The van der Waals surface area contributed by atoms with E-state index in [2.05, 4.69) is 43.6 Å². The lowest BCUT2D eigenvalue weighted by atomic mass is 10.1. The summed E-state index contributed by atoms with van der Waals surface area (Å²) >= 11 is 0. The fourth-order valence-electron chi connectivity index (χ4n) is 1.81. The van der Waals surface area contributed by atoms with Crippen LogP contribution in [0.1, 0.15) is 11.1 Å². The van der Waals surface area contributed by atoms with E-state index in [0.29, 0.717) is 0 Å². The quantitative estimate of drug-likeness (QED) is 0.743. The molecule has 0 fully saturated rings. The maximum Gasteiger partial charge on any atom is 0.119 e. The second-order valence-corrected chi connectivity index (χ2v) is 4.28. The normalized spacial score (nSPS) is 14.3. The third kappa shape index (κ3) is 2.72. The lowest BCUT2D eigenvalue weighted by molar-refractivity contribution is 0.261. The van der Waals surface area contributed by atoms with Crippen LogP contribution in [0.15, 0.2) is 18.2 Å². The van der Waals surface area contributed by atoms with E-state index < -0.39 is 0 Å². The summed E-state index contributed by atoms with van der Waals surface area (Å²) in [7, 11) is 4.11. The smallest absolute Gasteiger partial charge is 0.119 e. The van der Waals surface area contributed by atoms with Crippen LogP contribution in [0.2, 0.25) is 0 Å². The van der Waals surface area contributed by atoms with Crippen LogP contribution >= 0.6 is 0 Å². The molecule has 81 valence electrons. The van der Waals surface area contributed by atoms with E-state index in [0.717, 1.165) is 31.7 Å². The molecule has 2 nitrogen and oxygen atoms in total. The van der Waals surface area contributed by atoms with Gasteiger partial charge in [0.15, 0.2) is 0 Å². The third-order valence-corrected chi connectivity index (χ3v) is 2.71. The van der Waals surface area contributed by atoms with E-state index in [4.69, 9.17) is 4.74 Å². The summed E-state index contributed by atoms with van der Waals surface area (Å²) in [5.41, 5.74) is 2.88. The number of benzene rings is 1. The monoisotopic (exact) mass is 204 g/mol. The van der Waals surface area contributed by atoms with Gasteiger partial charge in [0.25, 0.3) is 0 Å². The molecule has 0 N–H and O–H groups in total. The highest BCUT2D eigenvalue weighted by Gasteiger charge is 2.11. The van der Waals surface area contributed by atoms with Crippen molar-refractivity contribution in [3.63, 3.8) is 0 Å². The molecule has 0 unspecified atom stereocenters. The number of hydrogen-bond acceptors (Lipinski definition) is 2. The summed E-state index contributed by atoms with van der Waals surface area (Å²) in [5.74, 6) is 1.01. The highest BCUT2D eigenvalue weighted by Crippen LogP contribution is 2.25. The molecule has 0 saturated heterocycles. The SMILES string of the molecule is CN(C)CCOc1ccc2c(c1)C[CH]C2. The van der Waals surface area contributed by atoms with Gasteiger partial charge in [-0.2, -0.15) is 0 Å². The van der Waals surface area contributed by atoms with E-state index in [1.807, 2.05) is 0 Å². The number of nitrogens with zero attached hydrogens (tertiary/aromatic N) is 1. The molecule has 1 aromatic rings. The second-order valence-electron chi connectivity index (χ2n) is 4.28.